The summed E-state index contributed by atoms with van der Waals surface area (Å²) in [5.74, 6) is 1.98. The fourth-order valence-electron chi connectivity index (χ4n) is 4.17. The van der Waals surface area contributed by atoms with Crippen molar-refractivity contribution < 1.29 is 23.4 Å². The first-order valence-corrected chi connectivity index (χ1v) is 10.4. The number of likely N-dealkylation sites (tertiary alicyclic amines) is 1. The fourth-order valence-corrected chi connectivity index (χ4v) is 4.17. The molecule has 4 rings (SSSR count). The second-order valence-corrected chi connectivity index (χ2v) is 7.84. The van der Waals surface area contributed by atoms with Crippen LogP contribution in [0.1, 0.15) is 31.2 Å². The molecule has 0 spiro atoms. The van der Waals surface area contributed by atoms with Crippen molar-refractivity contribution in [3.8, 4) is 17.2 Å². The van der Waals surface area contributed by atoms with Crippen molar-refractivity contribution in [2.45, 2.75) is 32.2 Å². The molecule has 0 aromatic heterocycles. The first-order chi connectivity index (χ1) is 14.6. The van der Waals surface area contributed by atoms with E-state index in [1.54, 1.807) is 25.3 Å². The van der Waals surface area contributed by atoms with Gasteiger partial charge in [0.15, 0.2) is 11.5 Å². The number of hydrogen-bond donors (Lipinski definition) is 1. The number of nitrogens with zero attached hydrogens (tertiary/aromatic N) is 1. The van der Waals surface area contributed by atoms with E-state index in [9.17, 15) is 9.18 Å². The minimum Gasteiger partial charge on any atom is -0.493 e. The first-order valence-electron chi connectivity index (χ1n) is 10.4. The van der Waals surface area contributed by atoms with Gasteiger partial charge in [-0.1, -0.05) is 12.1 Å². The lowest BCUT2D eigenvalue weighted by Crippen LogP contribution is -2.35. The summed E-state index contributed by atoms with van der Waals surface area (Å²) in [7, 11) is 1.63. The average molecular weight is 414 g/mol. The van der Waals surface area contributed by atoms with E-state index in [0.29, 0.717) is 23.8 Å². The van der Waals surface area contributed by atoms with Crippen LogP contribution >= 0.6 is 0 Å². The van der Waals surface area contributed by atoms with E-state index >= 15 is 0 Å². The topological polar surface area (TPSA) is 60.0 Å². The highest BCUT2D eigenvalue weighted by molar-refractivity contribution is 5.90. The van der Waals surface area contributed by atoms with Crippen molar-refractivity contribution in [3.05, 3.63) is 47.8 Å². The van der Waals surface area contributed by atoms with Gasteiger partial charge < -0.3 is 19.5 Å². The lowest BCUT2D eigenvalue weighted by atomic mass is 9.93. The predicted octanol–water partition coefficient (Wildman–Crippen LogP) is 4.19. The van der Waals surface area contributed by atoms with Crippen molar-refractivity contribution in [2.75, 3.05) is 32.3 Å². The number of carbonyl (C=O) groups is 1. The van der Waals surface area contributed by atoms with Crippen molar-refractivity contribution in [1.82, 2.24) is 4.90 Å². The van der Waals surface area contributed by atoms with Crippen LogP contribution in [0.3, 0.4) is 0 Å². The van der Waals surface area contributed by atoms with Crippen LogP contribution in [-0.4, -0.2) is 37.8 Å². The molecule has 0 saturated carbocycles. The highest BCUT2D eigenvalue weighted by atomic mass is 19.1. The Hall–Kier alpha value is -2.80. The zero-order chi connectivity index (χ0) is 20.9. The van der Waals surface area contributed by atoms with Crippen LogP contribution < -0.4 is 19.5 Å². The molecule has 1 amide bonds. The molecular weight excluding hydrogens is 387 g/mol. The summed E-state index contributed by atoms with van der Waals surface area (Å²) in [5, 5.41) is 2.67. The van der Waals surface area contributed by atoms with Gasteiger partial charge >= 0.3 is 0 Å². The minimum atomic E-state index is -0.408. The molecule has 160 valence electrons. The van der Waals surface area contributed by atoms with Gasteiger partial charge in [-0.25, -0.2) is 4.39 Å². The van der Waals surface area contributed by atoms with Crippen molar-refractivity contribution in [3.63, 3.8) is 0 Å². The van der Waals surface area contributed by atoms with Gasteiger partial charge in [-0.2, -0.15) is 0 Å². The molecule has 0 aliphatic carbocycles. The van der Waals surface area contributed by atoms with E-state index < -0.39 is 5.82 Å². The fraction of sp³-hybridized carbons (Fsp3) is 0.435. The summed E-state index contributed by atoms with van der Waals surface area (Å²) in [4.78, 5) is 14.6. The Morgan fingerprint density at radius 2 is 2.17 bits per heavy atom. The Bertz CT molecular complexity index is 905. The molecule has 1 atom stereocenters. The third-order valence-electron chi connectivity index (χ3n) is 5.66. The van der Waals surface area contributed by atoms with E-state index in [4.69, 9.17) is 14.2 Å². The third kappa shape index (κ3) is 4.84. The Morgan fingerprint density at radius 3 is 3.00 bits per heavy atom. The molecule has 2 aromatic rings. The maximum absolute atomic E-state index is 13.7. The van der Waals surface area contributed by atoms with Crippen LogP contribution in [0.25, 0.3) is 0 Å². The number of benzene rings is 2. The molecule has 7 heteroatoms. The third-order valence-corrected chi connectivity index (χ3v) is 5.66. The number of fused-ring (bicyclic) bond motifs is 1. The van der Waals surface area contributed by atoms with E-state index in [1.807, 2.05) is 12.1 Å². The van der Waals surface area contributed by atoms with Gasteiger partial charge in [0, 0.05) is 19.5 Å². The second-order valence-electron chi connectivity index (χ2n) is 7.84. The van der Waals surface area contributed by atoms with Crippen LogP contribution in [0.4, 0.5) is 10.1 Å². The molecule has 0 radical (unpaired) electrons. The van der Waals surface area contributed by atoms with Crippen LogP contribution in [-0.2, 0) is 11.3 Å². The molecule has 2 aliphatic heterocycles. The molecule has 2 heterocycles. The summed E-state index contributed by atoms with van der Waals surface area (Å²) in [6, 6.07) is 10.3. The van der Waals surface area contributed by atoms with Crippen molar-refractivity contribution >= 4 is 11.6 Å². The summed E-state index contributed by atoms with van der Waals surface area (Å²) < 4.78 is 30.1. The Morgan fingerprint density at radius 1 is 1.30 bits per heavy atom. The lowest BCUT2D eigenvalue weighted by molar-refractivity contribution is -0.116. The summed E-state index contributed by atoms with van der Waals surface area (Å²) in [5.41, 5.74) is 1.36. The lowest BCUT2D eigenvalue weighted by Gasteiger charge is -2.32. The van der Waals surface area contributed by atoms with Gasteiger partial charge in [0.1, 0.15) is 5.82 Å². The number of anilines is 1. The maximum Gasteiger partial charge on any atom is 0.231 e. The van der Waals surface area contributed by atoms with Gasteiger partial charge in [0.25, 0.3) is 0 Å². The normalized spacial score (nSPS) is 18.3. The van der Waals surface area contributed by atoms with Crippen LogP contribution in [0.2, 0.25) is 0 Å². The number of piperidine rings is 1. The molecule has 30 heavy (non-hydrogen) atoms. The quantitative estimate of drug-likeness (QED) is 0.736. The maximum atomic E-state index is 13.7. The number of hydrogen-bond acceptors (Lipinski definition) is 5. The number of carbonyl (C=O) groups excluding carboxylic acids is 1. The molecule has 0 bridgehead atoms. The summed E-state index contributed by atoms with van der Waals surface area (Å²) >= 11 is 0. The minimum absolute atomic E-state index is 0.141. The monoisotopic (exact) mass is 414 g/mol. The molecule has 6 nitrogen and oxygen atoms in total. The number of methoxy groups -OCH3 is 1. The molecular formula is C23H27FN2O4. The van der Waals surface area contributed by atoms with Gasteiger partial charge in [-0.15, -0.1) is 0 Å². The van der Waals surface area contributed by atoms with Crippen molar-refractivity contribution in [1.29, 1.82) is 0 Å². The summed E-state index contributed by atoms with van der Waals surface area (Å²) in [6.45, 7) is 2.97. The largest absolute Gasteiger partial charge is 0.493 e. The first kappa shape index (κ1) is 20.5. The smallest absolute Gasteiger partial charge is 0.231 e. The molecule has 1 N–H and O–H groups in total. The van der Waals surface area contributed by atoms with E-state index in [0.717, 1.165) is 50.2 Å². The Kier molecular flexibility index (Phi) is 6.38. The number of halogens is 1. The number of amides is 1. The average Bonchev–Trinajstić information content (AvgIpc) is 3.22. The van der Waals surface area contributed by atoms with E-state index in [-0.39, 0.29) is 18.4 Å². The van der Waals surface area contributed by atoms with E-state index in [2.05, 4.69) is 10.2 Å². The SMILES string of the molecule is COc1cc(CN2CCC[C@H](CCC(=O)Nc3ccccc3F)C2)cc2c1OCO2. The standard InChI is InChI=1S/C23H27FN2O4/c1-28-20-11-17(12-21-23(20)30-15-29-21)14-26-10-4-5-16(13-26)8-9-22(27)25-19-7-3-2-6-18(19)24/h2-3,6-7,11-12,16H,4-5,8-10,13-15H2,1H3,(H,25,27)/t16-/m1/s1. The molecule has 1 saturated heterocycles. The second kappa shape index (κ2) is 9.34. The number of nitrogens with one attached hydrogen (secondary N) is 1. The predicted molar refractivity (Wildman–Crippen MR) is 111 cm³/mol. The Balaban J connectivity index is 1.29. The number of para-hydroxylation sites is 1. The molecule has 1 fully saturated rings. The van der Waals surface area contributed by atoms with Crippen LogP contribution in [0.5, 0.6) is 17.2 Å². The van der Waals surface area contributed by atoms with Gasteiger partial charge in [-0.05, 0) is 61.6 Å². The number of ether oxygens (including phenoxy) is 3. The Labute approximate surface area is 175 Å². The van der Waals surface area contributed by atoms with Crippen molar-refractivity contribution in [2.24, 2.45) is 5.92 Å². The molecule has 0 unspecified atom stereocenters. The van der Waals surface area contributed by atoms with Gasteiger partial charge in [0.05, 0.1) is 12.8 Å². The molecule has 2 aromatic carbocycles. The van der Waals surface area contributed by atoms with Gasteiger partial charge in [0.2, 0.25) is 18.4 Å². The van der Waals surface area contributed by atoms with Crippen LogP contribution in [0, 0.1) is 11.7 Å². The zero-order valence-electron chi connectivity index (χ0n) is 17.2. The van der Waals surface area contributed by atoms with Gasteiger partial charge in [-0.3, -0.25) is 9.69 Å². The van der Waals surface area contributed by atoms with Crippen LogP contribution in [0.15, 0.2) is 36.4 Å². The highest BCUT2D eigenvalue weighted by Gasteiger charge is 2.24. The van der Waals surface area contributed by atoms with E-state index in [1.165, 1.54) is 6.07 Å². The number of rotatable bonds is 7. The zero-order valence-corrected chi connectivity index (χ0v) is 17.2. The molecule has 2 aliphatic rings. The highest BCUT2D eigenvalue weighted by Crippen LogP contribution is 2.42. The summed E-state index contributed by atoms with van der Waals surface area (Å²) in [6.07, 6.45) is 3.39.